The van der Waals surface area contributed by atoms with Gasteiger partial charge < -0.3 is 4.90 Å². The van der Waals surface area contributed by atoms with E-state index in [1.54, 1.807) is 0 Å². The van der Waals surface area contributed by atoms with Gasteiger partial charge in [0.1, 0.15) is 11.0 Å². The average molecular weight is 481 g/mol. The van der Waals surface area contributed by atoms with E-state index in [0.717, 1.165) is 0 Å². The highest BCUT2D eigenvalue weighted by Gasteiger charge is 2.21. The fraction of sp³-hybridized carbons (Fsp3) is 0.0882. The smallest absolute Gasteiger partial charge is 0.239 e. The molecule has 0 bridgehead atoms. The van der Waals surface area contributed by atoms with E-state index in [0.29, 0.717) is 0 Å². The normalized spacial score (nSPS) is 12.2. The van der Waals surface area contributed by atoms with Crippen LogP contribution in [0.2, 0.25) is 0 Å². The summed E-state index contributed by atoms with van der Waals surface area (Å²) < 4.78 is 4.59. The molecule has 0 aliphatic rings. The van der Waals surface area contributed by atoms with Crippen LogP contribution in [0.3, 0.4) is 0 Å². The van der Waals surface area contributed by atoms with Gasteiger partial charge in [-0.2, -0.15) is 0 Å². The maximum Gasteiger partial charge on any atom is 0.239 e. The van der Waals surface area contributed by atoms with Gasteiger partial charge in [0.15, 0.2) is 7.05 Å². The number of hydrogen-bond donors (Lipinski definition) is 0. The molecule has 0 atom stereocenters. The van der Waals surface area contributed by atoms with Crippen molar-refractivity contribution in [1.29, 1.82) is 0 Å². The van der Waals surface area contributed by atoms with Crippen molar-refractivity contribution in [2.75, 3.05) is 19.0 Å². The standard InChI is InChI=1S/C34H30N3/c1-35(2)29-21-17-27(18-22-29)23-31-30-11-7-8-12-32(30)37-34(31)24-33(36(37)3)28-19-15-26(16-20-28)14-13-25-9-5-4-6-10-25/h4-24H,1-3H3/q+1/b14-13+. The van der Waals surface area contributed by atoms with E-state index in [-0.39, 0.29) is 0 Å². The summed E-state index contributed by atoms with van der Waals surface area (Å²) in [5, 5.41) is 2.51. The van der Waals surface area contributed by atoms with E-state index in [1.807, 2.05) is 6.07 Å². The highest BCUT2D eigenvalue weighted by atomic mass is 15.3. The van der Waals surface area contributed by atoms with E-state index < -0.39 is 0 Å². The molecule has 180 valence electrons. The lowest BCUT2D eigenvalue weighted by Crippen LogP contribution is -2.36. The van der Waals surface area contributed by atoms with Crippen molar-refractivity contribution in [3.05, 3.63) is 131 Å². The molecule has 0 N–H and O–H groups in total. The first-order valence-electron chi connectivity index (χ1n) is 12.6. The monoisotopic (exact) mass is 480 g/mol. The predicted octanol–water partition coefficient (Wildman–Crippen LogP) is 6.37. The number of aryl methyl sites for hydroxylation is 1. The van der Waals surface area contributed by atoms with Gasteiger partial charge in [0, 0.05) is 42.0 Å². The second-order valence-electron chi connectivity index (χ2n) is 9.68. The zero-order valence-corrected chi connectivity index (χ0v) is 21.5. The molecule has 0 unspecified atom stereocenters. The molecule has 0 radical (unpaired) electrons. The Balaban J connectivity index is 1.43. The van der Waals surface area contributed by atoms with Crippen molar-refractivity contribution in [1.82, 2.24) is 4.52 Å². The third kappa shape index (κ3) is 4.30. The molecule has 3 nitrogen and oxygen atoms in total. The Labute approximate surface area is 217 Å². The van der Waals surface area contributed by atoms with Gasteiger partial charge >= 0.3 is 0 Å². The molecule has 6 rings (SSSR count). The Morgan fingerprint density at radius 3 is 1.97 bits per heavy atom. The highest BCUT2D eigenvalue weighted by molar-refractivity contribution is 5.90. The molecule has 4 aromatic carbocycles. The summed E-state index contributed by atoms with van der Waals surface area (Å²) in [6.07, 6.45) is 6.62. The zero-order chi connectivity index (χ0) is 25.4. The van der Waals surface area contributed by atoms with Crippen LogP contribution in [0, 0.1) is 0 Å². The number of benzene rings is 4. The number of anilines is 1. The maximum atomic E-state index is 2.33. The Morgan fingerprint density at radius 2 is 1.27 bits per heavy atom. The Bertz CT molecular complexity index is 1770. The summed E-state index contributed by atoms with van der Waals surface area (Å²) in [6.45, 7) is 0. The quantitative estimate of drug-likeness (QED) is 0.206. The van der Waals surface area contributed by atoms with Crippen LogP contribution in [-0.4, -0.2) is 18.6 Å². The summed E-state index contributed by atoms with van der Waals surface area (Å²) in [7, 11) is 6.29. The molecule has 0 fully saturated rings. The first kappa shape index (κ1) is 22.8. The molecule has 0 aliphatic heterocycles. The summed E-state index contributed by atoms with van der Waals surface area (Å²) in [6, 6.07) is 38.9. The predicted molar refractivity (Wildman–Crippen MR) is 156 cm³/mol. The number of hydrogen-bond acceptors (Lipinski definition) is 1. The van der Waals surface area contributed by atoms with Gasteiger partial charge in [-0.25, -0.2) is 0 Å². The third-order valence-corrected chi connectivity index (χ3v) is 7.04. The number of para-hydroxylation sites is 1. The number of fused-ring (bicyclic) bond motifs is 3. The molecule has 2 aromatic heterocycles. The zero-order valence-electron chi connectivity index (χ0n) is 21.5. The molecule has 37 heavy (non-hydrogen) atoms. The van der Waals surface area contributed by atoms with Crippen molar-refractivity contribution >= 4 is 40.3 Å². The summed E-state index contributed by atoms with van der Waals surface area (Å²) in [5.74, 6) is 0. The minimum absolute atomic E-state index is 1.19. The minimum atomic E-state index is 1.19. The first-order chi connectivity index (χ1) is 18.1. The van der Waals surface area contributed by atoms with Crippen LogP contribution in [0.5, 0.6) is 0 Å². The second-order valence-corrected chi connectivity index (χ2v) is 9.68. The SMILES string of the molecule is CN(C)c1ccc(/C=c2/c3ccccc3n3c2cc(-c2ccc(/C=C/c4ccccc4)cc2)[n+]3C)cc1. The summed E-state index contributed by atoms with van der Waals surface area (Å²) >= 11 is 0. The minimum Gasteiger partial charge on any atom is -0.378 e. The molecular formula is C34H30N3+. The van der Waals surface area contributed by atoms with Gasteiger partial charge in [0.25, 0.3) is 0 Å². The molecule has 0 saturated carbocycles. The molecule has 3 heteroatoms. The van der Waals surface area contributed by atoms with Gasteiger partial charge in [0.05, 0.1) is 0 Å². The van der Waals surface area contributed by atoms with E-state index in [2.05, 4.69) is 157 Å². The van der Waals surface area contributed by atoms with Crippen molar-refractivity contribution in [3.63, 3.8) is 0 Å². The molecule has 0 spiro atoms. The molecule has 0 aliphatic carbocycles. The van der Waals surface area contributed by atoms with Gasteiger partial charge in [-0.05, 0) is 53.1 Å². The van der Waals surface area contributed by atoms with Crippen LogP contribution < -0.4 is 14.8 Å². The van der Waals surface area contributed by atoms with Crippen molar-refractivity contribution < 1.29 is 4.68 Å². The van der Waals surface area contributed by atoms with Crippen molar-refractivity contribution in [2.45, 2.75) is 0 Å². The lowest BCUT2D eigenvalue weighted by atomic mass is 10.1. The van der Waals surface area contributed by atoms with Crippen LogP contribution in [-0.2, 0) is 7.05 Å². The van der Waals surface area contributed by atoms with Gasteiger partial charge in [-0.1, -0.05) is 84.9 Å². The molecule has 2 heterocycles. The van der Waals surface area contributed by atoms with Crippen molar-refractivity contribution in [2.24, 2.45) is 7.05 Å². The van der Waals surface area contributed by atoms with Crippen LogP contribution in [0.4, 0.5) is 5.69 Å². The molecule has 6 aromatic rings. The Hall–Kier alpha value is -4.63. The summed E-state index contributed by atoms with van der Waals surface area (Å²) in [4.78, 5) is 2.13. The van der Waals surface area contributed by atoms with E-state index >= 15 is 0 Å². The van der Waals surface area contributed by atoms with Gasteiger partial charge in [0.2, 0.25) is 5.69 Å². The second kappa shape index (κ2) is 9.44. The Morgan fingerprint density at radius 1 is 0.649 bits per heavy atom. The first-order valence-corrected chi connectivity index (χ1v) is 12.6. The van der Waals surface area contributed by atoms with E-state index in [9.17, 15) is 0 Å². The van der Waals surface area contributed by atoms with Crippen LogP contribution in [0.15, 0.2) is 109 Å². The van der Waals surface area contributed by atoms with Crippen molar-refractivity contribution in [3.8, 4) is 11.3 Å². The summed E-state index contributed by atoms with van der Waals surface area (Å²) in [5.41, 5.74) is 9.61. The van der Waals surface area contributed by atoms with Crippen LogP contribution in [0.25, 0.3) is 45.9 Å². The highest BCUT2D eigenvalue weighted by Crippen LogP contribution is 2.23. The van der Waals surface area contributed by atoms with Gasteiger partial charge in [-0.3, -0.25) is 0 Å². The molecule has 0 saturated heterocycles. The number of aromatic nitrogens is 2. The maximum absolute atomic E-state index is 2.33. The van der Waals surface area contributed by atoms with Gasteiger partial charge in [-0.15, -0.1) is 9.20 Å². The fourth-order valence-corrected chi connectivity index (χ4v) is 5.04. The third-order valence-electron chi connectivity index (χ3n) is 7.04. The van der Waals surface area contributed by atoms with Crippen LogP contribution in [0.1, 0.15) is 16.7 Å². The largest absolute Gasteiger partial charge is 0.378 e. The molecule has 0 amide bonds. The number of rotatable bonds is 5. The van der Waals surface area contributed by atoms with E-state index in [1.165, 1.54) is 55.3 Å². The van der Waals surface area contributed by atoms with E-state index in [4.69, 9.17) is 0 Å². The number of nitrogens with zero attached hydrogens (tertiary/aromatic N) is 3. The molecular weight excluding hydrogens is 450 g/mol. The topological polar surface area (TPSA) is 11.5 Å². The average Bonchev–Trinajstić information content (AvgIpc) is 3.43. The lowest BCUT2D eigenvalue weighted by molar-refractivity contribution is -0.725. The Kier molecular flexibility index (Phi) is 5.82. The lowest BCUT2D eigenvalue weighted by Gasteiger charge is -2.11. The fourth-order valence-electron chi connectivity index (χ4n) is 5.04. The van der Waals surface area contributed by atoms with Crippen LogP contribution >= 0.6 is 0 Å².